The molecule has 0 bridgehead atoms. The van der Waals surface area contributed by atoms with Crippen LogP contribution in [0.2, 0.25) is 0 Å². The number of nitrogens with one attached hydrogen (secondary N) is 2. The Bertz CT molecular complexity index is 581. The van der Waals surface area contributed by atoms with Gasteiger partial charge in [0.15, 0.2) is 5.82 Å². The number of aromatic nitrogens is 1. The van der Waals surface area contributed by atoms with E-state index in [1.54, 1.807) is 20.1 Å². The summed E-state index contributed by atoms with van der Waals surface area (Å²) in [6.07, 6.45) is 0.690. The lowest BCUT2D eigenvalue weighted by Crippen LogP contribution is -2.30. The Labute approximate surface area is 117 Å². The fourth-order valence-corrected chi connectivity index (χ4v) is 1.81. The molecule has 0 aliphatic heterocycles. The summed E-state index contributed by atoms with van der Waals surface area (Å²) in [4.78, 5) is 11.6. The van der Waals surface area contributed by atoms with Gasteiger partial charge in [0.2, 0.25) is 0 Å². The van der Waals surface area contributed by atoms with Crippen LogP contribution >= 0.6 is 0 Å². The molecule has 1 aromatic carbocycles. The third kappa shape index (κ3) is 3.74. The minimum absolute atomic E-state index is 0.312. The van der Waals surface area contributed by atoms with E-state index in [2.05, 4.69) is 15.8 Å². The second kappa shape index (κ2) is 6.60. The summed E-state index contributed by atoms with van der Waals surface area (Å²) in [6, 6.07) is 9.06. The van der Waals surface area contributed by atoms with E-state index >= 15 is 0 Å². The second-order valence-electron chi connectivity index (χ2n) is 4.27. The van der Waals surface area contributed by atoms with Crippen LogP contribution in [-0.4, -0.2) is 24.8 Å². The zero-order valence-corrected chi connectivity index (χ0v) is 11.5. The first kappa shape index (κ1) is 13.9. The summed E-state index contributed by atoms with van der Waals surface area (Å²) >= 11 is 0. The van der Waals surface area contributed by atoms with Gasteiger partial charge >= 0.3 is 6.03 Å². The van der Waals surface area contributed by atoms with Crippen molar-refractivity contribution in [3.63, 3.8) is 0 Å². The van der Waals surface area contributed by atoms with Crippen LogP contribution in [0.3, 0.4) is 0 Å². The van der Waals surface area contributed by atoms with Crippen LogP contribution in [0, 0.1) is 6.92 Å². The van der Waals surface area contributed by atoms with Crippen LogP contribution in [0.15, 0.2) is 34.9 Å². The molecule has 0 atom stereocenters. The number of aryl methyl sites for hydroxylation is 1. The molecule has 0 saturated heterocycles. The van der Waals surface area contributed by atoms with Gasteiger partial charge in [0.1, 0.15) is 11.5 Å². The number of methoxy groups -OCH3 is 1. The lowest BCUT2D eigenvalue weighted by molar-refractivity contribution is 0.252. The maximum absolute atomic E-state index is 11.6. The first-order valence-electron chi connectivity index (χ1n) is 6.29. The molecule has 1 aromatic heterocycles. The highest BCUT2D eigenvalue weighted by Crippen LogP contribution is 2.17. The number of carbonyl (C=O) groups excluding carboxylic acids is 1. The van der Waals surface area contributed by atoms with Crippen molar-refractivity contribution in [2.24, 2.45) is 0 Å². The molecular formula is C14H17N3O3. The van der Waals surface area contributed by atoms with E-state index in [0.29, 0.717) is 24.5 Å². The quantitative estimate of drug-likeness (QED) is 0.878. The van der Waals surface area contributed by atoms with Crippen LogP contribution in [0.5, 0.6) is 5.75 Å². The SMILES string of the molecule is COc1ccccc1CCNC(=O)Nc1cc(C)on1. The fourth-order valence-electron chi connectivity index (χ4n) is 1.81. The highest BCUT2D eigenvalue weighted by atomic mass is 16.5. The number of benzene rings is 1. The molecule has 0 spiro atoms. The van der Waals surface area contributed by atoms with Crippen molar-refractivity contribution < 1.29 is 14.1 Å². The van der Waals surface area contributed by atoms with Crippen molar-refractivity contribution in [2.75, 3.05) is 19.0 Å². The first-order valence-corrected chi connectivity index (χ1v) is 6.29. The number of anilines is 1. The predicted molar refractivity (Wildman–Crippen MR) is 75.0 cm³/mol. The molecule has 0 saturated carbocycles. The van der Waals surface area contributed by atoms with E-state index in [1.807, 2.05) is 24.3 Å². The highest BCUT2D eigenvalue weighted by molar-refractivity contribution is 5.88. The van der Waals surface area contributed by atoms with Crippen molar-refractivity contribution in [3.05, 3.63) is 41.7 Å². The minimum atomic E-state index is -0.312. The number of urea groups is 1. The third-order valence-corrected chi connectivity index (χ3v) is 2.74. The Morgan fingerprint density at radius 2 is 2.20 bits per heavy atom. The Kier molecular flexibility index (Phi) is 4.60. The van der Waals surface area contributed by atoms with Crippen molar-refractivity contribution in [2.45, 2.75) is 13.3 Å². The van der Waals surface area contributed by atoms with Gasteiger partial charge in [-0.2, -0.15) is 0 Å². The summed E-state index contributed by atoms with van der Waals surface area (Å²) in [6.45, 7) is 2.26. The molecule has 1 heterocycles. The molecule has 106 valence electrons. The summed E-state index contributed by atoms with van der Waals surface area (Å²) in [5.74, 6) is 1.87. The zero-order chi connectivity index (χ0) is 14.4. The largest absolute Gasteiger partial charge is 0.496 e. The first-order chi connectivity index (χ1) is 9.69. The smallest absolute Gasteiger partial charge is 0.320 e. The van der Waals surface area contributed by atoms with Gasteiger partial charge in [0.25, 0.3) is 0 Å². The van der Waals surface area contributed by atoms with Gasteiger partial charge in [-0.25, -0.2) is 4.79 Å². The lowest BCUT2D eigenvalue weighted by atomic mass is 10.1. The van der Waals surface area contributed by atoms with E-state index in [-0.39, 0.29) is 6.03 Å². The number of para-hydroxylation sites is 1. The van der Waals surface area contributed by atoms with Crippen molar-refractivity contribution >= 4 is 11.8 Å². The second-order valence-corrected chi connectivity index (χ2v) is 4.27. The van der Waals surface area contributed by atoms with E-state index in [9.17, 15) is 4.79 Å². The molecule has 2 amide bonds. The molecule has 6 nitrogen and oxygen atoms in total. The average molecular weight is 275 g/mol. The van der Waals surface area contributed by atoms with E-state index < -0.39 is 0 Å². The number of rotatable bonds is 5. The van der Waals surface area contributed by atoms with E-state index in [4.69, 9.17) is 9.26 Å². The summed E-state index contributed by atoms with van der Waals surface area (Å²) in [5, 5.41) is 9.03. The molecule has 6 heteroatoms. The standard InChI is InChI=1S/C14H17N3O3/c1-10-9-13(17-20-10)16-14(18)15-8-7-11-5-3-4-6-12(11)19-2/h3-6,9H,7-8H2,1-2H3,(H2,15,16,17,18). The van der Waals surface area contributed by atoms with Crippen molar-refractivity contribution in [1.82, 2.24) is 10.5 Å². The molecule has 0 radical (unpaired) electrons. The lowest BCUT2D eigenvalue weighted by Gasteiger charge is -2.09. The molecule has 0 aliphatic carbocycles. The fraction of sp³-hybridized carbons (Fsp3) is 0.286. The van der Waals surface area contributed by atoms with Gasteiger partial charge in [-0.3, -0.25) is 5.32 Å². The van der Waals surface area contributed by atoms with Gasteiger partial charge < -0.3 is 14.6 Å². The molecule has 20 heavy (non-hydrogen) atoms. The van der Waals surface area contributed by atoms with Crippen LogP contribution in [-0.2, 0) is 6.42 Å². The summed E-state index contributed by atoms with van der Waals surface area (Å²) in [7, 11) is 1.63. The minimum Gasteiger partial charge on any atom is -0.496 e. The van der Waals surface area contributed by atoms with Crippen LogP contribution in [0.25, 0.3) is 0 Å². The van der Waals surface area contributed by atoms with E-state index in [1.165, 1.54) is 0 Å². The molecule has 2 N–H and O–H groups in total. The number of amides is 2. The van der Waals surface area contributed by atoms with Crippen molar-refractivity contribution in [1.29, 1.82) is 0 Å². The number of hydrogen-bond acceptors (Lipinski definition) is 4. The number of carbonyl (C=O) groups is 1. The molecule has 2 rings (SSSR count). The van der Waals surface area contributed by atoms with Crippen LogP contribution < -0.4 is 15.4 Å². The summed E-state index contributed by atoms with van der Waals surface area (Å²) < 4.78 is 10.1. The maximum Gasteiger partial charge on any atom is 0.320 e. The Morgan fingerprint density at radius 1 is 1.40 bits per heavy atom. The Morgan fingerprint density at radius 3 is 2.90 bits per heavy atom. The molecular weight excluding hydrogens is 258 g/mol. The third-order valence-electron chi connectivity index (χ3n) is 2.74. The van der Waals surface area contributed by atoms with Gasteiger partial charge in [-0.15, -0.1) is 0 Å². The van der Waals surface area contributed by atoms with Crippen molar-refractivity contribution in [3.8, 4) is 5.75 Å². The molecule has 2 aromatic rings. The zero-order valence-electron chi connectivity index (χ0n) is 11.5. The number of ether oxygens (including phenoxy) is 1. The van der Waals surface area contributed by atoms with E-state index in [0.717, 1.165) is 11.3 Å². The average Bonchev–Trinajstić information content (AvgIpc) is 2.84. The number of hydrogen-bond donors (Lipinski definition) is 2. The normalized spacial score (nSPS) is 10.1. The maximum atomic E-state index is 11.6. The topological polar surface area (TPSA) is 76.4 Å². The highest BCUT2D eigenvalue weighted by Gasteiger charge is 2.06. The molecule has 0 aliphatic rings. The van der Waals surface area contributed by atoms with Gasteiger partial charge in [-0.05, 0) is 25.0 Å². The predicted octanol–water partition coefficient (Wildman–Crippen LogP) is 2.36. The Hall–Kier alpha value is -2.50. The molecule has 0 fully saturated rings. The summed E-state index contributed by atoms with van der Waals surface area (Å²) in [5.41, 5.74) is 1.05. The monoisotopic (exact) mass is 275 g/mol. The van der Waals surface area contributed by atoms with Crippen LogP contribution in [0.4, 0.5) is 10.6 Å². The Balaban J connectivity index is 1.79. The van der Waals surface area contributed by atoms with Gasteiger partial charge in [0, 0.05) is 12.6 Å². The molecule has 0 unspecified atom stereocenters. The van der Waals surface area contributed by atoms with Gasteiger partial charge in [-0.1, -0.05) is 23.4 Å². The van der Waals surface area contributed by atoms with Gasteiger partial charge in [0.05, 0.1) is 7.11 Å². The number of nitrogens with zero attached hydrogens (tertiary/aromatic N) is 1. The van der Waals surface area contributed by atoms with Crippen LogP contribution in [0.1, 0.15) is 11.3 Å².